The van der Waals surface area contributed by atoms with Gasteiger partial charge < -0.3 is 5.11 Å². The zero-order chi connectivity index (χ0) is 23.3. The number of hydrogen-bond acceptors (Lipinski definition) is 10. The summed E-state index contributed by atoms with van der Waals surface area (Å²) in [5.41, 5.74) is 0.965. The molecule has 1 aromatic heterocycles. The first-order chi connectivity index (χ1) is 15.0. The van der Waals surface area contributed by atoms with Crippen LogP contribution in [0.3, 0.4) is 0 Å². The largest absolute Gasteiger partial charge is 0.507 e. The number of fused-ring (bicyclic) bond motifs is 2. The van der Waals surface area contributed by atoms with Crippen molar-refractivity contribution in [3.05, 3.63) is 42.0 Å². The van der Waals surface area contributed by atoms with Gasteiger partial charge in [-0.2, -0.15) is 17.2 Å². The molecule has 0 unspecified atom stereocenters. The summed E-state index contributed by atoms with van der Waals surface area (Å²) in [4.78, 5) is -0.352. The number of aromatic hydroxyl groups is 1. The molecular weight excluding hydrogens is 478 g/mol. The van der Waals surface area contributed by atoms with Crippen molar-refractivity contribution in [3.63, 3.8) is 0 Å². The van der Waals surface area contributed by atoms with Gasteiger partial charge in [-0.15, -0.1) is 10.2 Å². The second-order valence-corrected chi connectivity index (χ2v) is 10.5. The lowest BCUT2D eigenvalue weighted by atomic mass is 10.1. The topological polar surface area (TPSA) is 171 Å². The number of hydrogen-bond donors (Lipinski definition) is 3. The summed E-state index contributed by atoms with van der Waals surface area (Å²) in [6.07, 6.45) is 1.00. The van der Waals surface area contributed by atoms with Crippen molar-refractivity contribution < 1.29 is 26.5 Å². The van der Waals surface area contributed by atoms with Gasteiger partial charge >= 0.3 is 0 Å². The van der Waals surface area contributed by atoms with Crippen molar-refractivity contribution in [2.45, 2.75) is 11.8 Å². The molecule has 0 atom stereocenters. The highest BCUT2D eigenvalue weighted by Gasteiger charge is 2.23. The molecule has 14 heteroatoms. The highest BCUT2D eigenvalue weighted by atomic mass is 32.2. The van der Waals surface area contributed by atoms with E-state index >= 15 is 0 Å². The van der Waals surface area contributed by atoms with Crippen LogP contribution in [0, 0.1) is 6.92 Å². The van der Waals surface area contributed by atoms with Crippen LogP contribution in [0.15, 0.2) is 51.5 Å². The molecule has 0 saturated heterocycles. The molecule has 4 rings (SSSR count). The maximum Gasteiger partial charge on any atom is 0.297 e. The first-order valence-corrected chi connectivity index (χ1v) is 12.9. The minimum atomic E-state index is -4.53. The summed E-state index contributed by atoms with van der Waals surface area (Å²) in [6.45, 7) is 1.48. The van der Waals surface area contributed by atoms with Crippen LogP contribution in [-0.2, 0) is 20.1 Å². The van der Waals surface area contributed by atoms with E-state index in [-0.39, 0.29) is 44.3 Å². The molecular formula is C18H15N5O6S3. The molecule has 0 fully saturated rings. The predicted octanol–water partition coefficient (Wildman–Crippen LogP) is 3.89. The molecule has 1 heterocycles. The molecule has 0 aliphatic heterocycles. The molecule has 0 amide bonds. The quantitative estimate of drug-likeness (QED) is 0.277. The first kappa shape index (κ1) is 22.0. The van der Waals surface area contributed by atoms with Crippen molar-refractivity contribution in [1.29, 1.82) is 0 Å². The third kappa shape index (κ3) is 4.12. The molecule has 3 N–H and O–H groups in total. The lowest BCUT2D eigenvalue weighted by Gasteiger charge is -2.11. The number of phenolic OH excluding ortho intramolecular Hbond substituents is 1. The van der Waals surface area contributed by atoms with E-state index in [0.717, 1.165) is 18.0 Å². The SMILES string of the molecule is Cc1cc(/N=N/c2ccc(O)c3cccc(NS(C)(=O)=O)c23)c2nsnc2c1S(=O)(=O)O. The molecule has 11 nitrogen and oxygen atoms in total. The Kier molecular flexibility index (Phi) is 5.32. The van der Waals surface area contributed by atoms with Crippen molar-refractivity contribution >= 4 is 70.7 Å². The third-order valence-electron chi connectivity index (χ3n) is 4.47. The number of nitrogens with one attached hydrogen (secondary N) is 1. The molecule has 0 radical (unpaired) electrons. The van der Waals surface area contributed by atoms with Crippen LogP contribution in [0.1, 0.15) is 5.56 Å². The Morgan fingerprint density at radius 1 is 1.00 bits per heavy atom. The van der Waals surface area contributed by atoms with Gasteiger partial charge in [-0.1, -0.05) is 12.1 Å². The van der Waals surface area contributed by atoms with Gasteiger partial charge in [0.25, 0.3) is 10.1 Å². The van der Waals surface area contributed by atoms with Crippen LogP contribution in [0.5, 0.6) is 5.75 Å². The minimum Gasteiger partial charge on any atom is -0.507 e. The molecule has 166 valence electrons. The minimum absolute atomic E-state index is 0.0264. The van der Waals surface area contributed by atoms with E-state index in [0.29, 0.717) is 10.8 Å². The number of aryl methyl sites for hydroxylation is 1. The Balaban J connectivity index is 1.92. The zero-order valence-corrected chi connectivity index (χ0v) is 19.0. The molecule has 0 saturated carbocycles. The summed E-state index contributed by atoms with van der Waals surface area (Å²) in [6, 6.07) is 8.96. The monoisotopic (exact) mass is 493 g/mol. The fourth-order valence-corrected chi connectivity index (χ4v) is 5.32. The number of rotatable bonds is 5. The molecule has 4 aromatic rings. The van der Waals surface area contributed by atoms with Crippen LogP contribution in [-0.4, -0.2) is 41.5 Å². The van der Waals surface area contributed by atoms with Crippen molar-refractivity contribution in [1.82, 2.24) is 8.75 Å². The van der Waals surface area contributed by atoms with Crippen LogP contribution in [0.25, 0.3) is 21.8 Å². The fourth-order valence-electron chi connectivity index (χ4n) is 3.28. The van der Waals surface area contributed by atoms with E-state index in [2.05, 4.69) is 23.7 Å². The second-order valence-electron chi connectivity index (χ2n) is 6.88. The van der Waals surface area contributed by atoms with Crippen LogP contribution in [0.2, 0.25) is 0 Å². The number of benzene rings is 3. The molecule has 0 aliphatic carbocycles. The Morgan fingerprint density at radius 2 is 1.69 bits per heavy atom. The van der Waals surface area contributed by atoms with E-state index in [1.807, 2.05) is 0 Å². The van der Waals surface area contributed by atoms with Crippen LogP contribution < -0.4 is 4.72 Å². The molecule has 0 bridgehead atoms. The van der Waals surface area contributed by atoms with Gasteiger partial charge in [0.2, 0.25) is 10.0 Å². The van der Waals surface area contributed by atoms with Gasteiger partial charge in [0.1, 0.15) is 27.4 Å². The Hall–Kier alpha value is -3.20. The normalized spacial score (nSPS) is 12.7. The highest BCUT2D eigenvalue weighted by Crippen LogP contribution is 2.39. The molecule has 32 heavy (non-hydrogen) atoms. The van der Waals surface area contributed by atoms with Gasteiger partial charge in [0.05, 0.1) is 29.4 Å². The summed E-state index contributed by atoms with van der Waals surface area (Å²) in [5, 5.41) is 19.3. The zero-order valence-electron chi connectivity index (χ0n) is 16.5. The lowest BCUT2D eigenvalue weighted by Crippen LogP contribution is -2.09. The average molecular weight is 494 g/mol. The number of sulfonamides is 1. The van der Waals surface area contributed by atoms with Crippen molar-refractivity contribution in [3.8, 4) is 5.75 Å². The summed E-state index contributed by atoms with van der Waals surface area (Å²) in [5.74, 6) is -0.0736. The Bertz CT molecular complexity index is 1630. The van der Waals surface area contributed by atoms with E-state index < -0.39 is 20.1 Å². The maximum atomic E-state index is 11.8. The van der Waals surface area contributed by atoms with Gasteiger partial charge in [-0.3, -0.25) is 9.27 Å². The number of aromatic nitrogens is 2. The molecule has 0 spiro atoms. The number of nitrogens with zero attached hydrogens (tertiary/aromatic N) is 4. The fraction of sp³-hybridized carbons (Fsp3) is 0.111. The van der Waals surface area contributed by atoms with Gasteiger partial charge in [-0.25, -0.2) is 8.42 Å². The molecule has 0 aliphatic rings. The maximum absolute atomic E-state index is 11.8. The number of phenols is 1. The third-order valence-corrected chi connectivity index (χ3v) is 6.62. The van der Waals surface area contributed by atoms with Gasteiger partial charge in [0, 0.05) is 10.8 Å². The average Bonchev–Trinajstić information content (AvgIpc) is 3.14. The number of anilines is 1. The van der Waals surface area contributed by atoms with Crippen LogP contribution in [0.4, 0.5) is 17.1 Å². The van der Waals surface area contributed by atoms with Crippen molar-refractivity contribution in [2.24, 2.45) is 10.2 Å². The Morgan fingerprint density at radius 3 is 2.38 bits per heavy atom. The van der Waals surface area contributed by atoms with Gasteiger partial charge in [-0.05, 0) is 36.8 Å². The first-order valence-electron chi connectivity index (χ1n) is 8.83. The van der Waals surface area contributed by atoms with E-state index in [9.17, 15) is 26.5 Å². The lowest BCUT2D eigenvalue weighted by molar-refractivity contribution is 0.481. The standard InChI is InChI=1S/C18H15N5O6S3/c1-9-8-13(16-17(22-30-21-16)18(9)32(27,28)29)20-19-11-6-7-14(24)10-4-3-5-12(15(10)11)23-31(2,25)26/h3-8,23-24H,1-2H3,(H,27,28,29)/b20-19+. The van der Waals surface area contributed by atoms with E-state index in [1.165, 1.54) is 31.2 Å². The second kappa shape index (κ2) is 7.74. The summed E-state index contributed by atoms with van der Waals surface area (Å²) < 4.78 is 67.0. The molecule has 3 aromatic carbocycles. The van der Waals surface area contributed by atoms with E-state index in [4.69, 9.17) is 0 Å². The van der Waals surface area contributed by atoms with E-state index in [1.54, 1.807) is 12.1 Å². The smallest absolute Gasteiger partial charge is 0.297 e. The van der Waals surface area contributed by atoms with Crippen molar-refractivity contribution in [2.75, 3.05) is 11.0 Å². The summed E-state index contributed by atoms with van der Waals surface area (Å²) in [7, 11) is -8.14. The number of azo groups is 1. The van der Waals surface area contributed by atoms with Crippen LogP contribution >= 0.6 is 11.7 Å². The Labute approximate surface area is 186 Å². The highest BCUT2D eigenvalue weighted by molar-refractivity contribution is 7.92. The summed E-state index contributed by atoms with van der Waals surface area (Å²) >= 11 is 0.754. The predicted molar refractivity (Wildman–Crippen MR) is 120 cm³/mol. The van der Waals surface area contributed by atoms with Gasteiger partial charge in [0.15, 0.2) is 0 Å².